The highest BCUT2D eigenvalue weighted by atomic mass is 16.5. The van der Waals surface area contributed by atoms with Gasteiger partial charge >= 0.3 is 0 Å². The van der Waals surface area contributed by atoms with Crippen molar-refractivity contribution in [2.75, 3.05) is 0 Å². The van der Waals surface area contributed by atoms with Crippen LogP contribution in [0.5, 0.6) is 0 Å². The molecule has 3 heteroatoms. The van der Waals surface area contributed by atoms with Gasteiger partial charge in [0, 0.05) is 10.8 Å². The van der Waals surface area contributed by atoms with Gasteiger partial charge in [0.25, 0.3) is 0 Å². The highest BCUT2D eigenvalue weighted by Gasteiger charge is 2.01. The molecule has 0 bridgehead atoms. The molecule has 0 radical (unpaired) electrons. The van der Waals surface area contributed by atoms with E-state index in [9.17, 15) is 0 Å². The molecule has 9 heavy (non-hydrogen) atoms. The van der Waals surface area contributed by atoms with Gasteiger partial charge in [-0.1, -0.05) is 6.07 Å². The fourth-order valence-electron chi connectivity index (χ4n) is 0.761. The lowest BCUT2D eigenvalue weighted by atomic mass is 10.3. The molecule has 1 aliphatic heterocycles. The van der Waals surface area contributed by atoms with Crippen molar-refractivity contribution in [1.29, 1.82) is 0 Å². The smallest absolute Gasteiger partial charge is 0.168 e. The summed E-state index contributed by atoms with van der Waals surface area (Å²) in [7, 11) is 0. The van der Waals surface area contributed by atoms with Gasteiger partial charge in [-0.25, -0.2) is 0 Å². The minimum absolute atomic E-state index is 0.782. The number of hydrogen-bond acceptors (Lipinski definition) is 3. The highest BCUT2D eigenvalue weighted by Crippen LogP contribution is 2.18. The molecule has 0 fully saturated rings. The molecule has 3 nitrogen and oxygen atoms in total. The summed E-state index contributed by atoms with van der Waals surface area (Å²) in [6, 6.07) is 5.68. The molecule has 0 saturated heterocycles. The number of nitrogens with zero attached hydrogens (tertiary/aromatic N) is 2. The molecule has 44 valence electrons. The quantitative estimate of drug-likeness (QED) is 0.524. The van der Waals surface area contributed by atoms with Crippen LogP contribution in [0.4, 0.5) is 0 Å². The van der Waals surface area contributed by atoms with Crippen LogP contribution in [0.25, 0.3) is 11.3 Å². The summed E-state index contributed by atoms with van der Waals surface area (Å²) in [5.41, 5.74) is 0.991. The Balaban J connectivity index is 2.79. The molecular weight excluding hydrogens is 116 g/mol. The van der Waals surface area contributed by atoms with Crippen LogP contribution in [0.2, 0.25) is 0 Å². The third-order valence-electron chi connectivity index (χ3n) is 1.19. The van der Waals surface area contributed by atoms with E-state index >= 15 is 0 Å². The van der Waals surface area contributed by atoms with Crippen molar-refractivity contribution >= 4 is 0 Å². The third kappa shape index (κ3) is 0.579. The molecule has 0 atom stereocenters. The summed E-state index contributed by atoms with van der Waals surface area (Å²) in [4.78, 5) is 0. The topological polar surface area (TPSA) is 38.9 Å². The van der Waals surface area contributed by atoms with Crippen molar-refractivity contribution in [2.45, 2.75) is 0 Å². The van der Waals surface area contributed by atoms with Crippen molar-refractivity contribution in [3.63, 3.8) is 0 Å². The Kier molecular flexibility index (Phi) is 0.773. The highest BCUT2D eigenvalue weighted by molar-refractivity contribution is 5.57. The lowest BCUT2D eigenvalue weighted by molar-refractivity contribution is 0.372. The lowest BCUT2D eigenvalue weighted by Crippen LogP contribution is -1.79. The van der Waals surface area contributed by atoms with E-state index in [0.717, 1.165) is 11.3 Å². The summed E-state index contributed by atoms with van der Waals surface area (Å²) in [5.74, 6) is 0.782. The van der Waals surface area contributed by atoms with E-state index in [1.54, 1.807) is 6.20 Å². The van der Waals surface area contributed by atoms with Gasteiger partial charge in [0.05, 0.1) is 6.20 Å². The van der Waals surface area contributed by atoms with Crippen molar-refractivity contribution in [3.8, 4) is 11.3 Å². The van der Waals surface area contributed by atoms with Crippen molar-refractivity contribution in [2.24, 2.45) is 0 Å². The molecule has 0 amide bonds. The van der Waals surface area contributed by atoms with Crippen LogP contribution in [0.3, 0.4) is 0 Å². The standard InChI is InChI=1S/C6H4N2O/c1-2-5-4-7-8-9-6(5)3-1/h1-4H. The number of aromatic nitrogens is 2. The van der Waals surface area contributed by atoms with Gasteiger partial charge in [0.1, 0.15) is 0 Å². The maximum atomic E-state index is 4.79. The minimum atomic E-state index is 0.782. The summed E-state index contributed by atoms with van der Waals surface area (Å²) >= 11 is 0. The maximum absolute atomic E-state index is 4.79. The Bertz CT molecular complexity index is 251. The van der Waals surface area contributed by atoms with Crippen LogP contribution in [-0.2, 0) is 0 Å². The molecule has 0 unspecified atom stereocenters. The second-order valence-electron chi connectivity index (χ2n) is 1.76. The van der Waals surface area contributed by atoms with Crippen LogP contribution in [0.15, 0.2) is 28.9 Å². The second kappa shape index (κ2) is 1.55. The maximum Gasteiger partial charge on any atom is 0.168 e. The van der Waals surface area contributed by atoms with Crippen LogP contribution in [0, 0.1) is 0 Å². The van der Waals surface area contributed by atoms with Crippen molar-refractivity contribution in [1.82, 2.24) is 10.4 Å². The molecule has 0 aromatic carbocycles. The fraction of sp³-hybridized carbons (Fsp3) is 0. The van der Waals surface area contributed by atoms with E-state index in [2.05, 4.69) is 10.4 Å². The molecule has 0 aromatic rings. The zero-order valence-corrected chi connectivity index (χ0v) is 4.61. The Hall–Kier alpha value is -1.38. The molecule has 0 aromatic heterocycles. The first-order valence-corrected chi connectivity index (χ1v) is 2.63. The Morgan fingerprint density at radius 2 is 2.33 bits per heavy atom. The largest absolute Gasteiger partial charge is 0.339 e. The van der Waals surface area contributed by atoms with E-state index in [-0.39, 0.29) is 0 Å². The van der Waals surface area contributed by atoms with E-state index < -0.39 is 0 Å². The van der Waals surface area contributed by atoms with Crippen molar-refractivity contribution in [3.05, 3.63) is 24.4 Å². The summed E-state index contributed by atoms with van der Waals surface area (Å²) in [6.07, 6.45) is 1.67. The van der Waals surface area contributed by atoms with E-state index in [0.29, 0.717) is 0 Å². The van der Waals surface area contributed by atoms with Gasteiger partial charge < -0.3 is 4.52 Å². The number of rotatable bonds is 0. The molecule has 2 aliphatic rings. The van der Waals surface area contributed by atoms with E-state index in [1.807, 2.05) is 18.2 Å². The number of hydrogen-bond donors (Lipinski definition) is 0. The molecule has 2 rings (SSSR count). The summed E-state index contributed by atoms with van der Waals surface area (Å²) in [6.45, 7) is 0. The van der Waals surface area contributed by atoms with E-state index in [1.165, 1.54) is 0 Å². The summed E-state index contributed by atoms with van der Waals surface area (Å²) < 4.78 is 4.79. The monoisotopic (exact) mass is 120 g/mol. The van der Waals surface area contributed by atoms with Gasteiger partial charge in [-0.05, 0) is 12.1 Å². The Morgan fingerprint density at radius 1 is 1.33 bits per heavy atom. The van der Waals surface area contributed by atoms with Gasteiger partial charge in [0.15, 0.2) is 5.76 Å². The van der Waals surface area contributed by atoms with Gasteiger partial charge in [-0.2, -0.15) is 0 Å². The second-order valence-corrected chi connectivity index (χ2v) is 1.76. The molecule has 0 saturated carbocycles. The van der Waals surface area contributed by atoms with Crippen LogP contribution < -0.4 is 0 Å². The SMILES string of the molecule is c1cc2cnnoc-2c1. The Morgan fingerprint density at radius 3 is 3.22 bits per heavy atom. The first-order chi connectivity index (χ1) is 4.47. The first kappa shape index (κ1) is 4.49. The van der Waals surface area contributed by atoms with E-state index in [4.69, 9.17) is 4.52 Å². The third-order valence-corrected chi connectivity index (χ3v) is 1.19. The van der Waals surface area contributed by atoms with Gasteiger partial charge in [0.2, 0.25) is 0 Å². The molecule has 1 aliphatic carbocycles. The Labute approximate surface area is 51.6 Å². The average molecular weight is 120 g/mol. The zero-order chi connectivity index (χ0) is 6.10. The van der Waals surface area contributed by atoms with Gasteiger partial charge in [-0.15, -0.1) is 5.10 Å². The first-order valence-electron chi connectivity index (χ1n) is 2.63. The molecule has 0 N–H and O–H groups in total. The average Bonchev–Trinajstić information content (AvgIpc) is 2.33. The van der Waals surface area contributed by atoms with Crippen LogP contribution in [-0.4, -0.2) is 10.4 Å². The zero-order valence-electron chi connectivity index (χ0n) is 4.61. The van der Waals surface area contributed by atoms with Crippen molar-refractivity contribution < 1.29 is 4.52 Å². The van der Waals surface area contributed by atoms with Crippen LogP contribution in [0.1, 0.15) is 0 Å². The number of fused-ring (bicyclic) bond motifs is 1. The molecule has 1 heterocycles. The molecular formula is C6H4N2O. The molecule has 0 spiro atoms. The van der Waals surface area contributed by atoms with Gasteiger partial charge in [-0.3, -0.25) is 0 Å². The fourth-order valence-corrected chi connectivity index (χ4v) is 0.761. The summed E-state index contributed by atoms with van der Waals surface area (Å²) in [5, 5.41) is 6.93. The van der Waals surface area contributed by atoms with Crippen LogP contribution >= 0.6 is 0 Å². The normalized spacial score (nSPS) is 10.2. The lowest BCUT2D eigenvalue weighted by Gasteiger charge is -1.88. The predicted octanol–water partition coefficient (Wildman–Crippen LogP) is 1.17. The minimum Gasteiger partial charge on any atom is -0.339 e. The predicted molar refractivity (Wildman–Crippen MR) is 30.9 cm³/mol.